The van der Waals surface area contributed by atoms with Crippen molar-refractivity contribution in [2.24, 2.45) is 0 Å². The molecular formula is C12H12S2. The van der Waals surface area contributed by atoms with Crippen LogP contribution in [0, 0.1) is 0 Å². The Bertz CT molecular complexity index is 364. The highest BCUT2D eigenvalue weighted by atomic mass is 32.2. The van der Waals surface area contributed by atoms with Gasteiger partial charge in [0.15, 0.2) is 0 Å². The van der Waals surface area contributed by atoms with Crippen molar-refractivity contribution in [2.45, 2.75) is 23.6 Å². The number of thioether (sulfide) groups is 2. The van der Waals surface area contributed by atoms with Gasteiger partial charge in [-0.3, -0.25) is 0 Å². The minimum absolute atomic E-state index is 1.37. The zero-order valence-corrected chi connectivity index (χ0v) is 9.91. The largest absolute Gasteiger partial charge is 0.0881 e. The minimum atomic E-state index is 1.37. The molecule has 0 nitrogen and oxygen atoms in total. The summed E-state index contributed by atoms with van der Waals surface area (Å²) >= 11 is 3.72. The Morgan fingerprint density at radius 3 is 1.64 bits per heavy atom. The summed E-state index contributed by atoms with van der Waals surface area (Å²) in [6, 6.07) is 8.56. The van der Waals surface area contributed by atoms with Gasteiger partial charge in [-0.25, -0.2) is 0 Å². The van der Waals surface area contributed by atoms with Crippen molar-refractivity contribution in [3.8, 4) is 0 Å². The predicted molar refractivity (Wildman–Crippen MR) is 65.7 cm³/mol. The molecule has 1 aromatic carbocycles. The summed E-state index contributed by atoms with van der Waals surface area (Å²) in [7, 11) is 0. The monoisotopic (exact) mass is 220 g/mol. The molecule has 1 aliphatic heterocycles. The summed E-state index contributed by atoms with van der Waals surface area (Å²) in [5, 5.41) is 0. The van der Waals surface area contributed by atoms with Gasteiger partial charge in [-0.2, -0.15) is 0 Å². The molecule has 2 rings (SSSR count). The lowest BCUT2D eigenvalue weighted by Gasteiger charge is -2.19. The van der Waals surface area contributed by atoms with Crippen molar-refractivity contribution in [2.75, 3.05) is 0 Å². The molecule has 0 bridgehead atoms. The van der Waals surface area contributed by atoms with Gasteiger partial charge in [-0.15, -0.1) is 0 Å². The minimum Gasteiger partial charge on any atom is -0.0881 e. The van der Waals surface area contributed by atoms with E-state index in [0.717, 1.165) is 0 Å². The van der Waals surface area contributed by atoms with Crippen molar-refractivity contribution in [1.82, 2.24) is 0 Å². The fraction of sp³-hybridized carbons (Fsp3) is 0.167. The Hall–Kier alpha value is -0.600. The SMILES string of the molecule is C/C=C1/Sc2ccccc2S/C1=C/C. The zero-order valence-electron chi connectivity index (χ0n) is 8.28. The summed E-state index contributed by atoms with van der Waals surface area (Å²) in [6.45, 7) is 4.20. The van der Waals surface area contributed by atoms with Crippen molar-refractivity contribution in [3.63, 3.8) is 0 Å². The highest BCUT2D eigenvalue weighted by Gasteiger charge is 2.17. The molecule has 1 aliphatic rings. The average molecular weight is 220 g/mol. The molecule has 14 heavy (non-hydrogen) atoms. The molecule has 0 radical (unpaired) electrons. The molecule has 1 heterocycles. The normalized spacial score (nSPS) is 21.3. The van der Waals surface area contributed by atoms with Crippen molar-refractivity contribution < 1.29 is 0 Å². The molecule has 0 spiro atoms. The molecule has 72 valence electrons. The molecule has 0 amide bonds. The third kappa shape index (κ3) is 1.77. The van der Waals surface area contributed by atoms with Crippen LogP contribution in [-0.2, 0) is 0 Å². The number of hydrogen-bond acceptors (Lipinski definition) is 2. The van der Waals surface area contributed by atoms with Crippen molar-refractivity contribution in [3.05, 3.63) is 46.2 Å². The Kier molecular flexibility index (Phi) is 3.04. The van der Waals surface area contributed by atoms with Gasteiger partial charge in [0.1, 0.15) is 0 Å². The van der Waals surface area contributed by atoms with Crippen LogP contribution in [0.15, 0.2) is 56.0 Å². The number of benzene rings is 1. The average Bonchev–Trinajstić information content (AvgIpc) is 2.27. The van der Waals surface area contributed by atoms with E-state index in [1.165, 1.54) is 19.6 Å². The summed E-state index contributed by atoms with van der Waals surface area (Å²) in [5.74, 6) is 0. The Morgan fingerprint density at radius 2 is 1.29 bits per heavy atom. The summed E-state index contributed by atoms with van der Waals surface area (Å²) in [5.41, 5.74) is 0. The van der Waals surface area contributed by atoms with E-state index >= 15 is 0 Å². The molecule has 0 N–H and O–H groups in total. The quantitative estimate of drug-likeness (QED) is 0.622. The van der Waals surface area contributed by atoms with Crippen LogP contribution < -0.4 is 0 Å². The predicted octanol–water partition coefficient (Wildman–Crippen LogP) is 4.69. The van der Waals surface area contributed by atoms with E-state index in [-0.39, 0.29) is 0 Å². The lowest BCUT2D eigenvalue weighted by molar-refractivity contribution is 1.25. The van der Waals surface area contributed by atoms with Gasteiger partial charge in [-0.1, -0.05) is 47.8 Å². The van der Waals surface area contributed by atoms with E-state index in [4.69, 9.17) is 0 Å². The first-order valence-corrected chi connectivity index (χ1v) is 6.26. The fourth-order valence-corrected chi connectivity index (χ4v) is 3.64. The Balaban J connectivity index is 2.45. The summed E-state index contributed by atoms with van der Waals surface area (Å²) < 4.78 is 0. The molecule has 0 aromatic heterocycles. The first-order valence-electron chi connectivity index (χ1n) is 4.63. The first-order chi connectivity index (χ1) is 6.85. The highest BCUT2D eigenvalue weighted by molar-refractivity contribution is 8.11. The van der Waals surface area contributed by atoms with Gasteiger partial charge >= 0.3 is 0 Å². The Morgan fingerprint density at radius 1 is 0.857 bits per heavy atom. The van der Waals surface area contributed by atoms with E-state index in [1.807, 2.05) is 23.5 Å². The van der Waals surface area contributed by atoms with Gasteiger partial charge < -0.3 is 0 Å². The van der Waals surface area contributed by atoms with Crippen LogP contribution in [0.3, 0.4) is 0 Å². The molecule has 0 saturated heterocycles. The third-order valence-corrected chi connectivity index (χ3v) is 4.82. The third-order valence-electron chi connectivity index (χ3n) is 2.06. The molecule has 0 unspecified atom stereocenters. The van der Waals surface area contributed by atoms with Crippen molar-refractivity contribution >= 4 is 23.5 Å². The van der Waals surface area contributed by atoms with Gasteiger partial charge in [-0.05, 0) is 26.0 Å². The van der Waals surface area contributed by atoms with Crippen LogP contribution >= 0.6 is 23.5 Å². The summed E-state index contributed by atoms with van der Waals surface area (Å²) in [6.07, 6.45) is 4.37. The standard InChI is InChI=1S/C12H12S2/c1-3-9-10(4-2)14-12-8-6-5-7-11(12)13-9/h3-8H,1-2H3/b9-3+,10-4+. The van der Waals surface area contributed by atoms with Crippen LogP contribution in [0.2, 0.25) is 0 Å². The van der Waals surface area contributed by atoms with Crippen LogP contribution in [-0.4, -0.2) is 0 Å². The maximum Gasteiger partial charge on any atom is 0.0262 e. The molecule has 0 atom stereocenters. The Labute approximate surface area is 93.5 Å². The lowest BCUT2D eigenvalue weighted by atomic mass is 10.4. The second kappa shape index (κ2) is 4.28. The van der Waals surface area contributed by atoms with E-state index in [0.29, 0.717) is 0 Å². The maximum absolute atomic E-state index is 2.18. The molecule has 0 fully saturated rings. The molecule has 0 saturated carbocycles. The number of rotatable bonds is 0. The van der Waals surface area contributed by atoms with Crippen LogP contribution in [0.25, 0.3) is 0 Å². The van der Waals surface area contributed by atoms with E-state index in [1.54, 1.807) is 0 Å². The van der Waals surface area contributed by atoms with E-state index < -0.39 is 0 Å². The van der Waals surface area contributed by atoms with Crippen LogP contribution in [0.1, 0.15) is 13.8 Å². The van der Waals surface area contributed by atoms with Gasteiger partial charge in [0.05, 0.1) is 0 Å². The second-order valence-electron chi connectivity index (χ2n) is 2.96. The number of allylic oxidation sites excluding steroid dienone is 2. The number of hydrogen-bond donors (Lipinski definition) is 0. The van der Waals surface area contributed by atoms with E-state index in [2.05, 4.69) is 50.3 Å². The first kappa shape index (κ1) is 9.94. The second-order valence-corrected chi connectivity index (χ2v) is 5.12. The van der Waals surface area contributed by atoms with Crippen LogP contribution in [0.4, 0.5) is 0 Å². The summed E-state index contributed by atoms with van der Waals surface area (Å²) in [4.78, 5) is 5.49. The zero-order chi connectivity index (χ0) is 9.97. The van der Waals surface area contributed by atoms with Gasteiger partial charge in [0.25, 0.3) is 0 Å². The van der Waals surface area contributed by atoms with E-state index in [9.17, 15) is 0 Å². The van der Waals surface area contributed by atoms with Crippen molar-refractivity contribution in [1.29, 1.82) is 0 Å². The highest BCUT2D eigenvalue weighted by Crippen LogP contribution is 2.49. The number of fused-ring (bicyclic) bond motifs is 1. The van der Waals surface area contributed by atoms with Gasteiger partial charge in [0.2, 0.25) is 0 Å². The molecule has 0 aliphatic carbocycles. The topological polar surface area (TPSA) is 0 Å². The van der Waals surface area contributed by atoms with Gasteiger partial charge in [0, 0.05) is 19.6 Å². The molecule has 2 heteroatoms. The van der Waals surface area contributed by atoms with Crippen LogP contribution in [0.5, 0.6) is 0 Å². The fourth-order valence-electron chi connectivity index (χ4n) is 1.36. The molecule has 1 aromatic rings. The smallest absolute Gasteiger partial charge is 0.0262 e. The molecular weight excluding hydrogens is 208 g/mol. The lowest BCUT2D eigenvalue weighted by Crippen LogP contribution is -1.90. The maximum atomic E-state index is 2.18.